The Kier molecular flexibility index (Phi) is 7.47. The summed E-state index contributed by atoms with van der Waals surface area (Å²) in [6, 6.07) is 12.2. The number of piperazine rings is 1. The van der Waals surface area contributed by atoms with Gasteiger partial charge in [0.15, 0.2) is 0 Å². The summed E-state index contributed by atoms with van der Waals surface area (Å²) in [6.45, 7) is 6.47. The van der Waals surface area contributed by atoms with Gasteiger partial charge in [-0.25, -0.2) is 8.42 Å². The standard InChI is InChI=1S/C25H32F3N3O3S/c1-18(2)29-16-21(14-19-8-10-22(34-3)11-9-19)30-12-5-13-31(24(30)17-29)35(32,33)23-7-4-6-20(15-23)25(26,27)28/h4,6-11,15,18,21,24H,5,12-14,16-17H2,1-3H3. The topological polar surface area (TPSA) is 53.1 Å². The normalized spacial score (nSPS) is 22.8. The summed E-state index contributed by atoms with van der Waals surface area (Å²) >= 11 is 0. The van der Waals surface area contributed by atoms with E-state index >= 15 is 0 Å². The van der Waals surface area contributed by atoms with E-state index in [1.165, 1.54) is 10.4 Å². The van der Waals surface area contributed by atoms with Crippen LogP contribution in [0.2, 0.25) is 0 Å². The molecule has 0 bridgehead atoms. The van der Waals surface area contributed by atoms with Gasteiger partial charge in [0.1, 0.15) is 5.75 Å². The van der Waals surface area contributed by atoms with Gasteiger partial charge in [-0.15, -0.1) is 0 Å². The number of hydrogen-bond donors (Lipinski definition) is 0. The number of ether oxygens (including phenoxy) is 1. The van der Waals surface area contributed by atoms with Crippen LogP contribution >= 0.6 is 0 Å². The Labute approximate surface area is 205 Å². The number of sulfonamides is 1. The van der Waals surface area contributed by atoms with Gasteiger partial charge in [0, 0.05) is 38.3 Å². The SMILES string of the molecule is COc1ccc(CC2CN(C(C)C)CC3N2CCCN3S(=O)(=O)c2cccc(C(F)(F)F)c2)cc1. The largest absolute Gasteiger partial charge is 0.497 e. The van der Waals surface area contributed by atoms with Crippen molar-refractivity contribution in [3.05, 3.63) is 59.7 Å². The van der Waals surface area contributed by atoms with Gasteiger partial charge in [-0.3, -0.25) is 9.80 Å². The molecule has 0 saturated carbocycles. The molecule has 2 fully saturated rings. The van der Waals surface area contributed by atoms with E-state index in [9.17, 15) is 21.6 Å². The van der Waals surface area contributed by atoms with Crippen LogP contribution in [-0.4, -0.2) is 74.1 Å². The van der Waals surface area contributed by atoms with Crippen molar-refractivity contribution in [1.82, 2.24) is 14.1 Å². The van der Waals surface area contributed by atoms with Crippen molar-refractivity contribution in [1.29, 1.82) is 0 Å². The van der Waals surface area contributed by atoms with Crippen LogP contribution in [0.5, 0.6) is 5.75 Å². The quantitative estimate of drug-likeness (QED) is 0.585. The predicted octanol–water partition coefficient (Wildman–Crippen LogP) is 4.07. The summed E-state index contributed by atoms with van der Waals surface area (Å²) in [7, 11) is -2.50. The first kappa shape index (κ1) is 25.9. The van der Waals surface area contributed by atoms with E-state index in [1.807, 2.05) is 24.3 Å². The molecule has 0 aliphatic carbocycles. The van der Waals surface area contributed by atoms with E-state index < -0.39 is 27.9 Å². The van der Waals surface area contributed by atoms with Crippen LogP contribution in [0.25, 0.3) is 0 Å². The second-order valence-electron chi connectivity index (χ2n) is 9.47. The molecule has 192 valence electrons. The van der Waals surface area contributed by atoms with Crippen molar-refractivity contribution in [3.8, 4) is 5.75 Å². The monoisotopic (exact) mass is 511 g/mol. The molecule has 2 unspecified atom stereocenters. The molecule has 0 N–H and O–H groups in total. The molecule has 2 aromatic carbocycles. The van der Waals surface area contributed by atoms with E-state index in [2.05, 4.69) is 23.6 Å². The summed E-state index contributed by atoms with van der Waals surface area (Å²) in [4.78, 5) is 4.16. The molecule has 2 aliphatic heterocycles. The average Bonchev–Trinajstić information content (AvgIpc) is 2.83. The molecular formula is C25H32F3N3O3S. The Morgan fingerprint density at radius 2 is 1.77 bits per heavy atom. The molecule has 2 saturated heterocycles. The predicted molar refractivity (Wildman–Crippen MR) is 128 cm³/mol. The van der Waals surface area contributed by atoms with Crippen LogP contribution in [-0.2, 0) is 22.6 Å². The zero-order valence-corrected chi connectivity index (χ0v) is 21.0. The first-order valence-corrected chi connectivity index (χ1v) is 13.3. The van der Waals surface area contributed by atoms with Crippen molar-refractivity contribution in [2.45, 2.75) is 56.0 Å². The van der Waals surface area contributed by atoms with Crippen molar-refractivity contribution >= 4 is 10.0 Å². The zero-order chi connectivity index (χ0) is 25.4. The fourth-order valence-electron chi connectivity index (χ4n) is 5.04. The fourth-order valence-corrected chi connectivity index (χ4v) is 6.71. The number of nitrogens with zero attached hydrogens (tertiary/aromatic N) is 3. The van der Waals surface area contributed by atoms with Gasteiger partial charge in [0.2, 0.25) is 10.0 Å². The van der Waals surface area contributed by atoms with E-state index in [1.54, 1.807) is 7.11 Å². The molecule has 10 heteroatoms. The van der Waals surface area contributed by atoms with Crippen molar-refractivity contribution < 1.29 is 26.3 Å². The van der Waals surface area contributed by atoms with E-state index in [0.29, 0.717) is 13.0 Å². The maximum Gasteiger partial charge on any atom is 0.416 e. The minimum Gasteiger partial charge on any atom is -0.497 e. The smallest absolute Gasteiger partial charge is 0.416 e. The third kappa shape index (κ3) is 5.50. The van der Waals surface area contributed by atoms with Crippen LogP contribution in [0.1, 0.15) is 31.4 Å². The number of fused-ring (bicyclic) bond motifs is 1. The average molecular weight is 512 g/mol. The summed E-state index contributed by atoms with van der Waals surface area (Å²) < 4.78 is 73.8. The first-order chi connectivity index (χ1) is 16.5. The van der Waals surface area contributed by atoms with Crippen LogP contribution in [0.4, 0.5) is 13.2 Å². The maximum atomic E-state index is 13.6. The molecule has 0 aromatic heterocycles. The molecule has 0 spiro atoms. The lowest BCUT2D eigenvalue weighted by Gasteiger charge is -2.53. The first-order valence-electron chi connectivity index (χ1n) is 11.8. The highest BCUT2D eigenvalue weighted by Gasteiger charge is 2.45. The van der Waals surface area contributed by atoms with Crippen LogP contribution < -0.4 is 4.74 Å². The Balaban J connectivity index is 1.65. The maximum absolute atomic E-state index is 13.6. The molecule has 35 heavy (non-hydrogen) atoms. The molecule has 4 rings (SSSR count). The number of halogens is 3. The van der Waals surface area contributed by atoms with Crippen molar-refractivity contribution in [3.63, 3.8) is 0 Å². The molecular weight excluding hydrogens is 479 g/mol. The zero-order valence-electron chi connectivity index (χ0n) is 20.2. The number of benzene rings is 2. The Hall–Kier alpha value is -2.14. The molecule has 0 amide bonds. The third-order valence-electron chi connectivity index (χ3n) is 6.95. The highest BCUT2D eigenvalue weighted by atomic mass is 32.2. The highest BCUT2D eigenvalue weighted by molar-refractivity contribution is 7.89. The summed E-state index contributed by atoms with van der Waals surface area (Å²) in [5, 5.41) is 0. The highest BCUT2D eigenvalue weighted by Crippen LogP contribution is 2.34. The number of methoxy groups -OCH3 is 1. The summed E-state index contributed by atoms with van der Waals surface area (Å²) in [5.74, 6) is 0.774. The van der Waals surface area contributed by atoms with Gasteiger partial charge in [0.05, 0.1) is 23.7 Å². The van der Waals surface area contributed by atoms with Gasteiger partial charge < -0.3 is 4.74 Å². The lowest BCUT2D eigenvalue weighted by atomic mass is 9.98. The van der Waals surface area contributed by atoms with Crippen LogP contribution in [0, 0.1) is 0 Å². The van der Waals surface area contributed by atoms with E-state index in [4.69, 9.17) is 4.74 Å². The van der Waals surface area contributed by atoms with Crippen molar-refractivity contribution in [2.24, 2.45) is 0 Å². The lowest BCUT2D eigenvalue weighted by Crippen LogP contribution is -2.68. The summed E-state index contributed by atoms with van der Waals surface area (Å²) in [5.41, 5.74) is 0.162. The molecule has 2 aromatic rings. The van der Waals surface area contributed by atoms with Gasteiger partial charge in [-0.05, 0) is 62.6 Å². The van der Waals surface area contributed by atoms with Crippen LogP contribution in [0.3, 0.4) is 0 Å². The minimum atomic E-state index is -4.61. The van der Waals surface area contributed by atoms with Gasteiger partial charge in [0.25, 0.3) is 0 Å². The van der Waals surface area contributed by atoms with Crippen LogP contribution in [0.15, 0.2) is 53.4 Å². The minimum absolute atomic E-state index is 0.0732. The van der Waals surface area contributed by atoms with Gasteiger partial charge in [-0.1, -0.05) is 18.2 Å². The van der Waals surface area contributed by atoms with Gasteiger partial charge >= 0.3 is 6.18 Å². The second kappa shape index (κ2) is 10.1. The third-order valence-corrected chi connectivity index (χ3v) is 8.84. The number of alkyl halides is 3. The van der Waals surface area contributed by atoms with E-state index in [-0.39, 0.29) is 23.5 Å². The fraction of sp³-hybridized carbons (Fsp3) is 0.520. The van der Waals surface area contributed by atoms with Crippen molar-refractivity contribution in [2.75, 3.05) is 33.3 Å². The molecule has 2 heterocycles. The lowest BCUT2D eigenvalue weighted by molar-refractivity contribution is -0.137. The Morgan fingerprint density at radius 3 is 2.40 bits per heavy atom. The molecule has 2 aliphatic rings. The Bertz CT molecular complexity index is 1120. The van der Waals surface area contributed by atoms with E-state index in [0.717, 1.165) is 49.0 Å². The van der Waals surface area contributed by atoms with Gasteiger partial charge in [-0.2, -0.15) is 17.5 Å². The summed E-state index contributed by atoms with van der Waals surface area (Å²) in [6.07, 6.45) is -3.69. The number of hydrogen-bond acceptors (Lipinski definition) is 5. The molecule has 6 nitrogen and oxygen atoms in total. The number of rotatable bonds is 6. The molecule has 2 atom stereocenters. The second-order valence-corrected chi connectivity index (χ2v) is 11.4. The Morgan fingerprint density at radius 1 is 1.06 bits per heavy atom. The molecule has 0 radical (unpaired) electrons.